The van der Waals surface area contributed by atoms with Crippen molar-refractivity contribution in [3.63, 3.8) is 0 Å². The van der Waals surface area contributed by atoms with Crippen molar-refractivity contribution in [3.05, 3.63) is 48.2 Å². The largest absolute Gasteiger partial charge is 0.492 e. The zero-order valence-corrected chi connectivity index (χ0v) is 20.2. The summed E-state index contributed by atoms with van der Waals surface area (Å²) in [5.74, 6) is 1.37. The van der Waals surface area contributed by atoms with Gasteiger partial charge in [-0.05, 0) is 68.0 Å². The number of ether oxygens (including phenoxy) is 1. The number of likely N-dealkylation sites (tertiary alicyclic amines) is 2. The third-order valence-electron chi connectivity index (χ3n) is 6.51. The number of carbonyl (C=O) groups is 1. The number of amides is 1. The Hall–Kier alpha value is -2.44. The Morgan fingerprint density at radius 3 is 2.36 bits per heavy atom. The van der Waals surface area contributed by atoms with E-state index in [0.717, 1.165) is 43.2 Å². The highest BCUT2D eigenvalue weighted by Crippen LogP contribution is 2.25. The molecule has 2 aromatic rings. The lowest BCUT2D eigenvalue weighted by molar-refractivity contribution is 0.0765. The van der Waals surface area contributed by atoms with Gasteiger partial charge in [-0.3, -0.25) is 9.78 Å². The van der Waals surface area contributed by atoms with Gasteiger partial charge in [-0.1, -0.05) is 32.9 Å². The third-order valence-corrected chi connectivity index (χ3v) is 6.51. The van der Waals surface area contributed by atoms with Gasteiger partial charge in [-0.2, -0.15) is 0 Å². The van der Waals surface area contributed by atoms with Crippen molar-refractivity contribution in [1.82, 2.24) is 14.8 Å². The highest BCUT2D eigenvalue weighted by atomic mass is 16.5. The van der Waals surface area contributed by atoms with E-state index in [9.17, 15) is 9.90 Å². The predicted molar refractivity (Wildman–Crippen MR) is 130 cm³/mol. The molecule has 2 saturated heterocycles. The monoisotopic (exact) mass is 451 g/mol. The van der Waals surface area contributed by atoms with Crippen molar-refractivity contribution >= 4 is 5.91 Å². The Kier molecular flexibility index (Phi) is 7.35. The number of aromatic nitrogens is 1. The third kappa shape index (κ3) is 6.55. The number of aliphatic hydroxyl groups is 1. The molecule has 1 unspecified atom stereocenters. The topological polar surface area (TPSA) is 65.9 Å². The maximum atomic E-state index is 12.5. The van der Waals surface area contributed by atoms with Crippen LogP contribution in [0.3, 0.4) is 0 Å². The summed E-state index contributed by atoms with van der Waals surface area (Å²) in [4.78, 5) is 21.4. The van der Waals surface area contributed by atoms with E-state index >= 15 is 0 Å². The number of rotatable bonds is 6. The number of β-amino-alcohol motifs (C(OH)–C–C–N with tert-alkyl or cyclic N) is 1. The number of pyridine rings is 1. The standard InChI is InChI=1S/C27H37N3O3/c1-27(2,3)19-29-13-10-20(11-14-29)18-33-24-8-9-25(28-16-24)21-4-6-22(7-5-21)26(32)30-15-12-23(31)17-30/h4-9,16,20,23,31H,10-15,17-19H2,1-3H3. The molecule has 0 radical (unpaired) electrons. The molecule has 2 aliphatic heterocycles. The molecule has 4 rings (SSSR count). The van der Waals surface area contributed by atoms with Gasteiger partial charge in [0.25, 0.3) is 5.91 Å². The van der Waals surface area contributed by atoms with Gasteiger partial charge in [0.1, 0.15) is 5.75 Å². The summed E-state index contributed by atoms with van der Waals surface area (Å²) >= 11 is 0. The molecule has 2 aliphatic rings. The summed E-state index contributed by atoms with van der Waals surface area (Å²) in [6, 6.07) is 11.5. The van der Waals surface area contributed by atoms with Gasteiger partial charge in [0.05, 0.1) is 24.6 Å². The van der Waals surface area contributed by atoms with E-state index in [-0.39, 0.29) is 5.91 Å². The Bertz CT molecular complexity index is 913. The highest BCUT2D eigenvalue weighted by molar-refractivity contribution is 5.94. The van der Waals surface area contributed by atoms with Gasteiger partial charge in [0, 0.05) is 30.8 Å². The average Bonchev–Trinajstić information content (AvgIpc) is 3.24. The van der Waals surface area contributed by atoms with Crippen LogP contribution < -0.4 is 4.74 Å². The van der Waals surface area contributed by atoms with E-state index in [1.165, 1.54) is 12.8 Å². The minimum atomic E-state index is -0.403. The number of nitrogens with zero attached hydrogens (tertiary/aromatic N) is 3. The van der Waals surface area contributed by atoms with E-state index in [4.69, 9.17) is 4.74 Å². The van der Waals surface area contributed by atoms with Gasteiger partial charge in [-0.25, -0.2) is 0 Å². The molecule has 0 aliphatic carbocycles. The van der Waals surface area contributed by atoms with Gasteiger partial charge < -0.3 is 19.6 Å². The van der Waals surface area contributed by atoms with E-state index in [1.54, 1.807) is 11.1 Å². The molecule has 6 nitrogen and oxygen atoms in total. The first-order chi connectivity index (χ1) is 15.8. The van der Waals surface area contributed by atoms with Gasteiger partial charge in [0.15, 0.2) is 0 Å². The van der Waals surface area contributed by atoms with Crippen LogP contribution in [0.5, 0.6) is 5.75 Å². The summed E-state index contributed by atoms with van der Waals surface area (Å²) in [5, 5.41) is 9.66. The number of piperidine rings is 1. The summed E-state index contributed by atoms with van der Waals surface area (Å²) < 4.78 is 6.04. The smallest absolute Gasteiger partial charge is 0.253 e. The molecular weight excluding hydrogens is 414 g/mol. The first-order valence-corrected chi connectivity index (χ1v) is 12.2. The fourth-order valence-corrected chi connectivity index (χ4v) is 4.72. The number of carbonyl (C=O) groups excluding carboxylic acids is 1. The molecule has 0 bridgehead atoms. The Labute approximate surface area is 197 Å². The lowest BCUT2D eigenvalue weighted by Gasteiger charge is -2.35. The van der Waals surface area contributed by atoms with Crippen molar-refractivity contribution in [2.24, 2.45) is 11.3 Å². The molecule has 0 saturated carbocycles. The van der Waals surface area contributed by atoms with Crippen molar-refractivity contribution in [3.8, 4) is 17.0 Å². The Morgan fingerprint density at radius 2 is 1.79 bits per heavy atom. The van der Waals surface area contributed by atoms with E-state index in [1.807, 2.05) is 36.4 Å². The van der Waals surface area contributed by atoms with Crippen molar-refractivity contribution in [1.29, 1.82) is 0 Å². The maximum Gasteiger partial charge on any atom is 0.253 e. The molecule has 1 aromatic carbocycles. The summed E-state index contributed by atoms with van der Waals surface area (Å²) in [6.07, 6.45) is 4.40. The van der Waals surface area contributed by atoms with Crippen LogP contribution in [0, 0.1) is 11.3 Å². The second-order valence-electron chi connectivity index (χ2n) is 10.7. The van der Waals surface area contributed by atoms with E-state index in [0.29, 0.717) is 36.4 Å². The van der Waals surface area contributed by atoms with Crippen LogP contribution in [-0.4, -0.2) is 71.2 Å². The number of aliphatic hydroxyl groups excluding tert-OH is 1. The first kappa shape index (κ1) is 23.7. The van der Waals surface area contributed by atoms with Crippen molar-refractivity contribution < 1.29 is 14.6 Å². The molecule has 1 aromatic heterocycles. The predicted octanol–water partition coefficient (Wildman–Crippen LogP) is 4.09. The highest BCUT2D eigenvalue weighted by Gasteiger charge is 2.25. The fourth-order valence-electron chi connectivity index (χ4n) is 4.72. The van der Waals surface area contributed by atoms with Crippen molar-refractivity contribution in [2.45, 2.75) is 46.1 Å². The summed E-state index contributed by atoms with van der Waals surface area (Å²) in [7, 11) is 0. The maximum absolute atomic E-state index is 12.5. The normalized spacial score (nSPS) is 20.2. The molecule has 0 spiro atoms. The van der Waals surface area contributed by atoms with Gasteiger partial charge in [-0.15, -0.1) is 0 Å². The molecule has 178 valence electrons. The second kappa shape index (κ2) is 10.2. The van der Waals surface area contributed by atoms with Crippen molar-refractivity contribution in [2.75, 3.05) is 39.3 Å². The molecule has 33 heavy (non-hydrogen) atoms. The van der Waals surface area contributed by atoms with Gasteiger partial charge >= 0.3 is 0 Å². The summed E-state index contributed by atoms with van der Waals surface area (Å²) in [5.41, 5.74) is 2.81. The molecule has 1 N–H and O–H groups in total. The van der Waals surface area contributed by atoms with Crippen LogP contribution in [-0.2, 0) is 0 Å². The van der Waals surface area contributed by atoms with Crippen LogP contribution in [0.4, 0.5) is 0 Å². The Morgan fingerprint density at radius 1 is 1.06 bits per heavy atom. The molecule has 6 heteroatoms. The minimum absolute atomic E-state index is 0.0287. The number of hydrogen-bond acceptors (Lipinski definition) is 5. The molecule has 2 fully saturated rings. The quantitative estimate of drug-likeness (QED) is 0.717. The number of hydrogen-bond donors (Lipinski definition) is 1. The van der Waals surface area contributed by atoms with E-state index in [2.05, 4.69) is 30.7 Å². The lowest BCUT2D eigenvalue weighted by Crippen LogP contribution is -2.40. The Balaban J connectivity index is 1.26. The zero-order valence-electron chi connectivity index (χ0n) is 20.2. The van der Waals surface area contributed by atoms with E-state index < -0.39 is 6.10 Å². The molecule has 1 atom stereocenters. The second-order valence-corrected chi connectivity index (χ2v) is 10.7. The minimum Gasteiger partial charge on any atom is -0.492 e. The fraction of sp³-hybridized carbons (Fsp3) is 0.556. The van der Waals surface area contributed by atoms with Crippen LogP contribution >= 0.6 is 0 Å². The van der Waals surface area contributed by atoms with Gasteiger partial charge in [0.2, 0.25) is 0 Å². The van der Waals surface area contributed by atoms with Crippen LogP contribution in [0.25, 0.3) is 11.3 Å². The zero-order chi connectivity index (χ0) is 23.4. The molecule has 3 heterocycles. The average molecular weight is 452 g/mol. The lowest BCUT2D eigenvalue weighted by atomic mass is 9.92. The SMILES string of the molecule is CC(C)(C)CN1CCC(COc2ccc(-c3ccc(C(=O)N4CCC(O)C4)cc3)nc2)CC1. The molecular formula is C27H37N3O3. The summed E-state index contributed by atoms with van der Waals surface area (Å²) in [6.45, 7) is 12.1. The van der Waals surface area contributed by atoms with Crippen LogP contribution in [0.1, 0.15) is 50.4 Å². The molecule has 1 amide bonds. The van der Waals surface area contributed by atoms with Crippen LogP contribution in [0.15, 0.2) is 42.6 Å². The number of benzene rings is 1. The first-order valence-electron chi connectivity index (χ1n) is 12.2. The van der Waals surface area contributed by atoms with Crippen LogP contribution in [0.2, 0.25) is 0 Å².